The van der Waals surface area contributed by atoms with E-state index in [0.717, 1.165) is 45.8 Å². The van der Waals surface area contributed by atoms with E-state index in [-0.39, 0.29) is 5.91 Å². The molecule has 7 heteroatoms. The molecule has 1 N–H and O–H groups in total. The van der Waals surface area contributed by atoms with Gasteiger partial charge in [-0.2, -0.15) is 10.2 Å². The van der Waals surface area contributed by atoms with Crippen LogP contribution < -0.4 is 14.9 Å². The number of para-hydroxylation sites is 1. The molecule has 0 saturated carbocycles. The Labute approximate surface area is 240 Å². The fraction of sp³-hybridized carbons (Fsp3) is 0.147. The first-order valence-electron chi connectivity index (χ1n) is 13.6. The third-order valence-corrected chi connectivity index (χ3v) is 6.39. The van der Waals surface area contributed by atoms with Crippen LogP contribution in [0.3, 0.4) is 0 Å². The normalized spacial score (nSPS) is 11.8. The van der Waals surface area contributed by atoms with E-state index in [0.29, 0.717) is 12.4 Å². The number of aromatic nitrogens is 2. The maximum Gasteiger partial charge on any atom is 0.280 e. The third kappa shape index (κ3) is 7.08. The number of carbonyl (C=O) groups is 1. The predicted octanol–water partition coefficient (Wildman–Crippen LogP) is 6.91. The van der Waals surface area contributed by atoms with Crippen LogP contribution in [0.15, 0.2) is 120 Å². The SMILES string of the molecule is CCCOc1ccc(-c2nn(-c3ccccc3)cc2/C=N\NC(=O)[C@@H](C)Oc2ccc(-c3ccccc3)cc2)cc1. The van der Waals surface area contributed by atoms with Gasteiger partial charge in [-0.25, -0.2) is 10.1 Å². The molecule has 41 heavy (non-hydrogen) atoms. The van der Waals surface area contributed by atoms with E-state index < -0.39 is 6.10 Å². The quantitative estimate of drug-likeness (QED) is 0.145. The largest absolute Gasteiger partial charge is 0.494 e. The number of nitrogens with one attached hydrogen (secondary N) is 1. The molecule has 0 spiro atoms. The molecule has 206 valence electrons. The van der Waals surface area contributed by atoms with E-state index >= 15 is 0 Å². The Morgan fingerprint density at radius 2 is 1.46 bits per heavy atom. The topological polar surface area (TPSA) is 77.7 Å². The van der Waals surface area contributed by atoms with Crippen molar-refractivity contribution in [3.8, 4) is 39.6 Å². The summed E-state index contributed by atoms with van der Waals surface area (Å²) >= 11 is 0. The maximum atomic E-state index is 12.7. The van der Waals surface area contributed by atoms with Crippen LogP contribution in [-0.4, -0.2) is 34.6 Å². The average Bonchev–Trinajstić information content (AvgIpc) is 3.45. The van der Waals surface area contributed by atoms with Crippen molar-refractivity contribution in [2.24, 2.45) is 5.10 Å². The summed E-state index contributed by atoms with van der Waals surface area (Å²) < 4.78 is 13.4. The average molecular weight is 545 g/mol. The number of amides is 1. The minimum atomic E-state index is -0.739. The van der Waals surface area contributed by atoms with Crippen molar-refractivity contribution in [2.75, 3.05) is 6.61 Å². The van der Waals surface area contributed by atoms with Gasteiger partial charge in [0.2, 0.25) is 0 Å². The van der Waals surface area contributed by atoms with Gasteiger partial charge in [-0.15, -0.1) is 0 Å². The van der Waals surface area contributed by atoms with Gasteiger partial charge in [0.25, 0.3) is 5.91 Å². The summed E-state index contributed by atoms with van der Waals surface area (Å²) in [6, 6.07) is 35.4. The van der Waals surface area contributed by atoms with Gasteiger partial charge in [-0.1, -0.05) is 67.6 Å². The first kappa shape index (κ1) is 27.4. The van der Waals surface area contributed by atoms with Crippen molar-refractivity contribution in [1.82, 2.24) is 15.2 Å². The molecule has 5 rings (SSSR count). The van der Waals surface area contributed by atoms with E-state index in [4.69, 9.17) is 14.6 Å². The van der Waals surface area contributed by atoms with Gasteiger partial charge in [0.1, 0.15) is 17.2 Å². The van der Waals surface area contributed by atoms with Gasteiger partial charge in [-0.3, -0.25) is 4.79 Å². The smallest absolute Gasteiger partial charge is 0.280 e. The van der Waals surface area contributed by atoms with E-state index in [1.54, 1.807) is 17.8 Å². The molecule has 7 nitrogen and oxygen atoms in total. The lowest BCUT2D eigenvalue weighted by Crippen LogP contribution is -2.33. The number of benzene rings is 4. The number of carbonyl (C=O) groups excluding carboxylic acids is 1. The second kappa shape index (κ2) is 13.3. The number of hydrazone groups is 1. The van der Waals surface area contributed by atoms with Gasteiger partial charge >= 0.3 is 0 Å². The standard InChI is InChI=1S/C34H32N4O3/c1-3-22-40-31-18-16-28(17-19-31)33-29(24-38(37-33)30-12-8-5-9-13-30)23-35-36-34(39)25(2)41-32-20-14-27(15-21-32)26-10-6-4-7-11-26/h4-21,23-25H,3,22H2,1-2H3,(H,36,39)/b35-23-/t25-/m1/s1. The Morgan fingerprint density at radius 1 is 0.854 bits per heavy atom. The molecular weight excluding hydrogens is 512 g/mol. The summed E-state index contributed by atoms with van der Waals surface area (Å²) in [4.78, 5) is 12.7. The minimum Gasteiger partial charge on any atom is -0.494 e. The highest BCUT2D eigenvalue weighted by atomic mass is 16.5. The molecule has 0 aliphatic rings. The Hall–Kier alpha value is -5.17. The zero-order valence-electron chi connectivity index (χ0n) is 23.1. The number of hydrogen-bond donors (Lipinski definition) is 1. The van der Waals surface area contributed by atoms with Crippen LogP contribution in [0.25, 0.3) is 28.1 Å². The fourth-order valence-electron chi connectivity index (χ4n) is 4.22. The maximum absolute atomic E-state index is 12.7. The molecule has 0 unspecified atom stereocenters. The van der Waals surface area contributed by atoms with Crippen LogP contribution in [0.4, 0.5) is 0 Å². The minimum absolute atomic E-state index is 0.359. The van der Waals surface area contributed by atoms with Crippen molar-refractivity contribution in [3.63, 3.8) is 0 Å². The molecule has 0 radical (unpaired) electrons. The lowest BCUT2D eigenvalue weighted by molar-refractivity contribution is -0.127. The molecule has 0 saturated heterocycles. The number of rotatable bonds is 11. The van der Waals surface area contributed by atoms with Crippen molar-refractivity contribution < 1.29 is 14.3 Å². The van der Waals surface area contributed by atoms with Crippen LogP contribution in [0.5, 0.6) is 11.5 Å². The molecular formula is C34H32N4O3. The molecule has 5 aromatic rings. The van der Waals surface area contributed by atoms with Crippen LogP contribution in [-0.2, 0) is 4.79 Å². The van der Waals surface area contributed by atoms with Gasteiger partial charge in [0.05, 0.1) is 18.5 Å². The summed E-state index contributed by atoms with van der Waals surface area (Å²) in [5, 5.41) is 9.03. The monoisotopic (exact) mass is 544 g/mol. The summed E-state index contributed by atoms with van der Waals surface area (Å²) in [5.74, 6) is 1.06. The zero-order valence-corrected chi connectivity index (χ0v) is 23.1. The first-order chi connectivity index (χ1) is 20.1. The molecule has 0 bridgehead atoms. The Kier molecular flexibility index (Phi) is 8.86. The molecule has 0 fully saturated rings. The predicted molar refractivity (Wildman–Crippen MR) is 162 cm³/mol. The molecule has 0 aliphatic heterocycles. The Balaban J connectivity index is 1.27. The van der Waals surface area contributed by atoms with Crippen LogP contribution in [0.1, 0.15) is 25.8 Å². The number of nitrogens with zero attached hydrogens (tertiary/aromatic N) is 3. The van der Waals surface area contributed by atoms with E-state index in [1.807, 2.05) is 103 Å². The Morgan fingerprint density at radius 3 is 2.15 bits per heavy atom. The summed E-state index contributed by atoms with van der Waals surface area (Å²) in [6.07, 6.45) is 3.69. The number of ether oxygens (including phenoxy) is 2. The van der Waals surface area contributed by atoms with Crippen LogP contribution in [0.2, 0.25) is 0 Å². The summed E-state index contributed by atoms with van der Waals surface area (Å²) in [6.45, 7) is 4.43. The van der Waals surface area contributed by atoms with Crippen LogP contribution >= 0.6 is 0 Å². The number of hydrogen-bond acceptors (Lipinski definition) is 5. The molecule has 1 atom stereocenters. The van der Waals surface area contributed by atoms with Gasteiger partial charge in [0.15, 0.2) is 6.10 Å². The fourth-order valence-corrected chi connectivity index (χ4v) is 4.22. The van der Waals surface area contributed by atoms with Gasteiger partial charge in [0, 0.05) is 17.3 Å². The highest BCUT2D eigenvalue weighted by Gasteiger charge is 2.15. The first-order valence-corrected chi connectivity index (χ1v) is 13.6. The zero-order chi connectivity index (χ0) is 28.4. The molecule has 1 amide bonds. The molecule has 0 aliphatic carbocycles. The second-order valence-electron chi connectivity index (χ2n) is 9.47. The summed E-state index contributed by atoms with van der Waals surface area (Å²) in [5.41, 5.74) is 8.11. The van der Waals surface area contributed by atoms with Crippen molar-refractivity contribution in [1.29, 1.82) is 0 Å². The molecule has 4 aromatic carbocycles. The summed E-state index contributed by atoms with van der Waals surface area (Å²) in [7, 11) is 0. The van der Waals surface area contributed by atoms with E-state index in [2.05, 4.69) is 29.6 Å². The van der Waals surface area contributed by atoms with Crippen molar-refractivity contribution in [3.05, 3.63) is 121 Å². The van der Waals surface area contributed by atoms with Gasteiger partial charge in [-0.05, 0) is 73.0 Å². The molecule has 1 aromatic heterocycles. The Bertz CT molecular complexity index is 1580. The third-order valence-electron chi connectivity index (χ3n) is 6.39. The van der Waals surface area contributed by atoms with Crippen molar-refractivity contribution >= 4 is 12.1 Å². The van der Waals surface area contributed by atoms with Gasteiger partial charge < -0.3 is 9.47 Å². The second-order valence-corrected chi connectivity index (χ2v) is 9.47. The highest BCUT2D eigenvalue weighted by molar-refractivity contribution is 5.90. The highest BCUT2D eigenvalue weighted by Crippen LogP contribution is 2.26. The molecule has 1 heterocycles. The lowest BCUT2D eigenvalue weighted by Gasteiger charge is -2.13. The van der Waals surface area contributed by atoms with E-state index in [9.17, 15) is 4.79 Å². The van der Waals surface area contributed by atoms with Crippen molar-refractivity contribution in [2.45, 2.75) is 26.4 Å². The van der Waals surface area contributed by atoms with Crippen LogP contribution in [0, 0.1) is 0 Å². The lowest BCUT2D eigenvalue weighted by atomic mass is 10.1. The van der Waals surface area contributed by atoms with E-state index in [1.165, 1.54) is 0 Å².